The van der Waals surface area contributed by atoms with Crippen LogP contribution in [0.1, 0.15) is 23.3 Å². The smallest absolute Gasteiger partial charge is 0.143 e. The van der Waals surface area contributed by atoms with Gasteiger partial charge in [0.1, 0.15) is 11.2 Å². The minimum atomic E-state index is -0.759. The molecule has 1 heterocycles. The standard InChI is InChI=1S/C48H30O/c1-3-14-31(15-4-1)33-26-27-37-44-25-13-24-43(48(44)49-45(37)30-33)36-28-29-42(35-19-8-7-18-34(35)36)47-40-22-11-9-20-38(40)46(32-16-5-2-6-17-32)39-21-10-12-23-41(39)47/h1-30H/i1D,3D,4D,7D,8D,13D,14D,15D,18D,19D,24D,25D,26D,27D,28D,29D,30D. The maximum Gasteiger partial charge on any atom is 0.143 e. The van der Waals surface area contributed by atoms with Gasteiger partial charge in [-0.2, -0.15) is 0 Å². The number of hydrogen-bond donors (Lipinski definition) is 0. The van der Waals surface area contributed by atoms with Crippen LogP contribution >= 0.6 is 0 Å². The van der Waals surface area contributed by atoms with E-state index in [1.165, 1.54) is 0 Å². The first-order valence-electron chi connectivity index (χ1n) is 24.0. The predicted molar refractivity (Wildman–Crippen MR) is 208 cm³/mol. The van der Waals surface area contributed by atoms with Crippen LogP contribution in [0.4, 0.5) is 0 Å². The van der Waals surface area contributed by atoms with Gasteiger partial charge in [-0.25, -0.2) is 0 Å². The third-order valence-corrected chi connectivity index (χ3v) is 8.81. The minimum absolute atomic E-state index is 0.00245. The summed E-state index contributed by atoms with van der Waals surface area (Å²) in [5, 5.41) is 1.57. The van der Waals surface area contributed by atoms with Gasteiger partial charge in [0, 0.05) is 16.3 Å². The predicted octanol–water partition coefficient (Wildman–Crippen LogP) is 13.7. The second-order valence-electron chi connectivity index (χ2n) is 11.5. The molecule has 228 valence electrons. The van der Waals surface area contributed by atoms with Crippen molar-refractivity contribution in [2.45, 2.75) is 0 Å². The summed E-state index contributed by atoms with van der Waals surface area (Å²) in [6, 6.07) is 12.8. The van der Waals surface area contributed by atoms with Crippen molar-refractivity contribution in [2.75, 3.05) is 0 Å². The Bertz CT molecular complexity index is 3760. The molecule has 0 saturated carbocycles. The summed E-state index contributed by atoms with van der Waals surface area (Å²) in [5.41, 5.74) is -0.767. The summed E-state index contributed by atoms with van der Waals surface area (Å²) >= 11 is 0. The van der Waals surface area contributed by atoms with Crippen LogP contribution in [0.15, 0.2) is 186 Å². The van der Waals surface area contributed by atoms with Gasteiger partial charge in [-0.3, -0.25) is 0 Å². The van der Waals surface area contributed by atoms with Crippen molar-refractivity contribution >= 4 is 54.3 Å². The second-order valence-corrected chi connectivity index (χ2v) is 11.5. The van der Waals surface area contributed by atoms with Crippen LogP contribution in [0.2, 0.25) is 0 Å². The van der Waals surface area contributed by atoms with Crippen molar-refractivity contribution in [1.82, 2.24) is 0 Å². The Hall–Kier alpha value is -6.44. The lowest BCUT2D eigenvalue weighted by Crippen LogP contribution is -1.92. The van der Waals surface area contributed by atoms with Gasteiger partial charge in [-0.05, 0) is 83.3 Å². The van der Waals surface area contributed by atoms with Gasteiger partial charge < -0.3 is 4.42 Å². The molecule has 9 aromatic carbocycles. The molecule has 0 saturated heterocycles. The van der Waals surface area contributed by atoms with Gasteiger partial charge >= 0.3 is 0 Å². The molecule has 10 rings (SSSR count). The van der Waals surface area contributed by atoms with Gasteiger partial charge in [0.2, 0.25) is 0 Å². The molecule has 0 N–H and O–H groups in total. The van der Waals surface area contributed by atoms with Gasteiger partial charge in [0.05, 0.1) is 23.3 Å². The Labute approximate surface area is 308 Å². The third kappa shape index (κ3) is 4.33. The van der Waals surface area contributed by atoms with Crippen LogP contribution in [-0.4, -0.2) is 0 Å². The van der Waals surface area contributed by atoms with E-state index in [2.05, 4.69) is 0 Å². The monoisotopic (exact) mass is 639 g/mol. The Balaban J connectivity index is 1.39. The van der Waals surface area contributed by atoms with Crippen molar-refractivity contribution in [1.29, 1.82) is 0 Å². The molecule has 0 aliphatic carbocycles. The molecular formula is C48H30O. The van der Waals surface area contributed by atoms with E-state index in [9.17, 15) is 8.22 Å². The van der Waals surface area contributed by atoms with Crippen LogP contribution in [0, 0.1) is 0 Å². The van der Waals surface area contributed by atoms with E-state index < -0.39 is 136 Å². The van der Waals surface area contributed by atoms with Crippen molar-refractivity contribution in [3.63, 3.8) is 0 Å². The number of para-hydroxylation sites is 1. The number of furan rings is 1. The first-order valence-corrected chi connectivity index (χ1v) is 15.5. The Morgan fingerprint density at radius 3 is 1.65 bits per heavy atom. The van der Waals surface area contributed by atoms with Gasteiger partial charge in [-0.1, -0.05) is 169 Å². The second kappa shape index (κ2) is 11.1. The summed E-state index contributed by atoms with van der Waals surface area (Å²) < 4.78 is 159. The molecule has 0 aliphatic heterocycles. The highest BCUT2D eigenvalue weighted by atomic mass is 16.3. The summed E-state index contributed by atoms with van der Waals surface area (Å²) in [6.07, 6.45) is 0. The van der Waals surface area contributed by atoms with Crippen LogP contribution in [-0.2, 0) is 0 Å². The lowest BCUT2D eigenvalue weighted by molar-refractivity contribution is 0.670. The highest BCUT2D eigenvalue weighted by molar-refractivity contribution is 6.24. The van der Waals surface area contributed by atoms with E-state index in [1.54, 1.807) is 0 Å². The maximum atomic E-state index is 9.88. The SMILES string of the molecule is [2H]c1c([2H])c([2H])c(-c2c([2H])c([2H])c3c(oc4c(-c5c([2H])c([2H])c(-c6c7ccccc7c(-c7ccccc7)c7ccccc67)c6c([2H])c([2H])c([2H])c([2H])c56)c([2H])c([2H])c([2H])c43)c2[2H])c([2H])c1[2H]. The summed E-state index contributed by atoms with van der Waals surface area (Å²) in [5.74, 6) is 0. The highest BCUT2D eigenvalue weighted by Crippen LogP contribution is 2.47. The molecule has 1 aromatic heterocycles. The number of hydrogen-bond acceptors (Lipinski definition) is 1. The lowest BCUT2D eigenvalue weighted by atomic mass is 9.84. The van der Waals surface area contributed by atoms with Crippen LogP contribution in [0.25, 0.3) is 98.8 Å². The van der Waals surface area contributed by atoms with E-state index in [1.807, 2.05) is 78.9 Å². The van der Waals surface area contributed by atoms with E-state index in [0.717, 1.165) is 21.9 Å². The van der Waals surface area contributed by atoms with E-state index in [0.29, 0.717) is 16.3 Å². The number of fused-ring (bicyclic) bond motifs is 6. The molecule has 0 spiro atoms. The first-order chi connectivity index (χ1) is 31.4. The molecule has 0 amide bonds. The Kier molecular flexibility index (Phi) is 3.54. The molecular weight excluding hydrogens is 593 g/mol. The van der Waals surface area contributed by atoms with Crippen LogP contribution < -0.4 is 0 Å². The summed E-state index contributed by atoms with van der Waals surface area (Å²) in [7, 11) is 0. The first kappa shape index (κ1) is 15.6. The topological polar surface area (TPSA) is 13.1 Å². The van der Waals surface area contributed by atoms with Crippen molar-refractivity contribution in [3.05, 3.63) is 182 Å². The molecule has 10 aromatic rings. The van der Waals surface area contributed by atoms with E-state index in [4.69, 9.17) is 19.5 Å². The normalized spacial score (nSPS) is 16.5. The average Bonchev–Trinajstić information content (AvgIpc) is 3.73. The van der Waals surface area contributed by atoms with E-state index in [-0.39, 0.29) is 27.1 Å². The average molecular weight is 640 g/mol. The van der Waals surface area contributed by atoms with Crippen molar-refractivity contribution < 1.29 is 27.7 Å². The molecule has 0 bridgehead atoms. The molecule has 1 nitrogen and oxygen atoms in total. The minimum Gasteiger partial charge on any atom is -0.455 e. The Morgan fingerprint density at radius 1 is 0.347 bits per heavy atom. The van der Waals surface area contributed by atoms with Crippen LogP contribution in [0.3, 0.4) is 0 Å². The molecule has 0 fully saturated rings. The number of benzene rings is 9. The molecule has 1 heteroatoms. The fourth-order valence-corrected chi connectivity index (χ4v) is 6.72. The zero-order valence-electron chi connectivity index (χ0n) is 42.4. The Morgan fingerprint density at radius 2 is 0.939 bits per heavy atom. The molecule has 0 radical (unpaired) electrons. The number of rotatable bonds is 4. The third-order valence-electron chi connectivity index (χ3n) is 8.81. The van der Waals surface area contributed by atoms with Gasteiger partial charge in [-0.15, -0.1) is 0 Å². The molecule has 0 aliphatic rings. The van der Waals surface area contributed by atoms with Crippen molar-refractivity contribution in [2.24, 2.45) is 0 Å². The summed E-state index contributed by atoms with van der Waals surface area (Å²) in [4.78, 5) is 0. The fraction of sp³-hybridized carbons (Fsp3) is 0. The van der Waals surface area contributed by atoms with E-state index >= 15 is 0 Å². The van der Waals surface area contributed by atoms with Crippen molar-refractivity contribution in [3.8, 4) is 44.5 Å². The zero-order chi connectivity index (χ0) is 47.1. The maximum absolute atomic E-state index is 9.88. The largest absolute Gasteiger partial charge is 0.455 e. The zero-order valence-corrected chi connectivity index (χ0v) is 25.4. The lowest BCUT2D eigenvalue weighted by Gasteiger charge is -2.19. The van der Waals surface area contributed by atoms with Gasteiger partial charge in [0.25, 0.3) is 0 Å². The molecule has 49 heavy (non-hydrogen) atoms. The molecule has 0 atom stereocenters. The van der Waals surface area contributed by atoms with Gasteiger partial charge in [0.15, 0.2) is 0 Å². The quantitative estimate of drug-likeness (QED) is 0.175. The van der Waals surface area contributed by atoms with Crippen LogP contribution in [0.5, 0.6) is 0 Å². The fourth-order valence-electron chi connectivity index (χ4n) is 6.72. The molecule has 0 unspecified atom stereocenters. The summed E-state index contributed by atoms with van der Waals surface area (Å²) in [6.45, 7) is 0. The highest BCUT2D eigenvalue weighted by Gasteiger charge is 2.20.